The van der Waals surface area contributed by atoms with Crippen LogP contribution < -0.4 is 5.32 Å². The molecule has 0 unspecified atom stereocenters. The van der Waals surface area contributed by atoms with Crippen LogP contribution in [0.4, 0.5) is 5.69 Å². The number of halogens is 1. The molecule has 1 N–H and O–H groups in total. The van der Waals surface area contributed by atoms with E-state index < -0.39 is 0 Å². The highest BCUT2D eigenvalue weighted by atomic mass is 79.9. The molecule has 5 heteroatoms. The number of nitrogens with one attached hydrogen (secondary N) is 1. The van der Waals surface area contributed by atoms with Crippen LogP contribution in [0.2, 0.25) is 0 Å². The van der Waals surface area contributed by atoms with Crippen molar-refractivity contribution in [3.63, 3.8) is 0 Å². The highest BCUT2D eigenvalue weighted by Gasteiger charge is 2.38. The third-order valence-electron chi connectivity index (χ3n) is 4.84. The molecule has 0 aliphatic heterocycles. The van der Waals surface area contributed by atoms with Crippen LogP contribution in [0.5, 0.6) is 0 Å². The standard InChI is InChI=1S/C18H19BrN2O2/c1-13-14(4-2-5-17(13)21(22)23)12-20-18(10-3-11-18)15-6-8-16(19)9-7-15/h2,4-9,20H,3,10-12H2,1H3. The van der Waals surface area contributed by atoms with E-state index in [1.807, 2.05) is 13.0 Å². The molecule has 0 amide bonds. The monoisotopic (exact) mass is 374 g/mol. The zero-order valence-corrected chi connectivity index (χ0v) is 14.6. The van der Waals surface area contributed by atoms with Gasteiger partial charge in [0.1, 0.15) is 0 Å². The van der Waals surface area contributed by atoms with Gasteiger partial charge in [0.05, 0.1) is 4.92 Å². The van der Waals surface area contributed by atoms with Crippen LogP contribution in [0.25, 0.3) is 0 Å². The maximum atomic E-state index is 11.1. The quantitative estimate of drug-likeness (QED) is 0.601. The maximum Gasteiger partial charge on any atom is 0.272 e. The van der Waals surface area contributed by atoms with Gasteiger partial charge in [-0.15, -0.1) is 0 Å². The van der Waals surface area contributed by atoms with Gasteiger partial charge in [-0.1, -0.05) is 40.2 Å². The van der Waals surface area contributed by atoms with Crippen molar-refractivity contribution in [2.45, 2.75) is 38.3 Å². The minimum atomic E-state index is -0.313. The van der Waals surface area contributed by atoms with Crippen molar-refractivity contribution in [3.05, 3.63) is 73.7 Å². The largest absolute Gasteiger partial charge is 0.303 e. The van der Waals surface area contributed by atoms with Gasteiger partial charge in [-0.3, -0.25) is 10.1 Å². The first-order valence-corrected chi connectivity index (χ1v) is 8.55. The lowest BCUT2D eigenvalue weighted by atomic mass is 9.71. The summed E-state index contributed by atoms with van der Waals surface area (Å²) in [6.07, 6.45) is 3.40. The molecular formula is C18H19BrN2O2. The van der Waals surface area contributed by atoms with Crippen molar-refractivity contribution in [3.8, 4) is 0 Å². The molecule has 0 spiro atoms. The lowest BCUT2D eigenvalue weighted by molar-refractivity contribution is -0.385. The predicted octanol–water partition coefficient (Wildman–Crippen LogP) is 4.83. The van der Waals surface area contributed by atoms with Gasteiger partial charge in [0.2, 0.25) is 0 Å². The van der Waals surface area contributed by atoms with E-state index in [0.29, 0.717) is 6.54 Å². The SMILES string of the molecule is Cc1c(CNC2(c3ccc(Br)cc3)CCC2)cccc1[N+](=O)[O-]. The highest BCUT2D eigenvalue weighted by Crippen LogP contribution is 2.42. The average molecular weight is 375 g/mol. The first kappa shape index (κ1) is 16.1. The summed E-state index contributed by atoms with van der Waals surface area (Å²) in [4.78, 5) is 10.8. The Kier molecular flexibility index (Phi) is 4.50. The number of nitro groups is 1. The molecule has 0 heterocycles. The van der Waals surface area contributed by atoms with E-state index in [9.17, 15) is 10.1 Å². The van der Waals surface area contributed by atoms with Gasteiger partial charge in [0.15, 0.2) is 0 Å². The molecule has 0 atom stereocenters. The lowest BCUT2D eigenvalue weighted by Gasteiger charge is -2.43. The van der Waals surface area contributed by atoms with Gasteiger partial charge < -0.3 is 5.32 Å². The van der Waals surface area contributed by atoms with Crippen molar-refractivity contribution in [2.24, 2.45) is 0 Å². The third kappa shape index (κ3) is 3.16. The fourth-order valence-electron chi connectivity index (χ4n) is 3.19. The Morgan fingerprint density at radius 1 is 1.22 bits per heavy atom. The summed E-state index contributed by atoms with van der Waals surface area (Å²) in [6, 6.07) is 13.7. The van der Waals surface area contributed by atoms with Gasteiger partial charge in [-0.05, 0) is 49.4 Å². The second-order valence-corrected chi connectivity index (χ2v) is 7.03. The van der Waals surface area contributed by atoms with Crippen LogP contribution in [0.3, 0.4) is 0 Å². The van der Waals surface area contributed by atoms with Gasteiger partial charge >= 0.3 is 0 Å². The Hall–Kier alpha value is -1.72. The molecule has 0 radical (unpaired) electrons. The van der Waals surface area contributed by atoms with E-state index in [-0.39, 0.29) is 16.1 Å². The summed E-state index contributed by atoms with van der Waals surface area (Å²) < 4.78 is 1.07. The molecule has 1 saturated carbocycles. The van der Waals surface area contributed by atoms with E-state index in [2.05, 4.69) is 45.5 Å². The van der Waals surface area contributed by atoms with Crippen molar-refractivity contribution >= 4 is 21.6 Å². The van der Waals surface area contributed by atoms with Crippen LogP contribution in [0.15, 0.2) is 46.9 Å². The maximum absolute atomic E-state index is 11.1. The summed E-state index contributed by atoms with van der Waals surface area (Å²) in [7, 11) is 0. The summed E-state index contributed by atoms with van der Waals surface area (Å²) in [5.74, 6) is 0. The Bertz CT molecular complexity index is 724. The molecule has 4 nitrogen and oxygen atoms in total. The number of hydrogen-bond donors (Lipinski definition) is 1. The molecular weight excluding hydrogens is 356 g/mol. The number of benzene rings is 2. The first-order chi connectivity index (χ1) is 11.0. The van der Waals surface area contributed by atoms with E-state index >= 15 is 0 Å². The van der Waals surface area contributed by atoms with E-state index in [1.54, 1.807) is 12.1 Å². The molecule has 120 valence electrons. The molecule has 3 rings (SSSR count). The lowest BCUT2D eigenvalue weighted by Crippen LogP contribution is -2.47. The first-order valence-electron chi connectivity index (χ1n) is 7.76. The minimum absolute atomic E-state index is 0.00222. The Balaban J connectivity index is 1.80. The fourth-order valence-corrected chi connectivity index (χ4v) is 3.45. The predicted molar refractivity (Wildman–Crippen MR) is 94.3 cm³/mol. The highest BCUT2D eigenvalue weighted by molar-refractivity contribution is 9.10. The molecule has 2 aromatic rings. The molecule has 0 saturated heterocycles. The van der Waals surface area contributed by atoms with Crippen LogP contribution in [0.1, 0.15) is 36.0 Å². The van der Waals surface area contributed by atoms with Gasteiger partial charge in [0.25, 0.3) is 5.69 Å². The molecule has 1 aliphatic rings. The van der Waals surface area contributed by atoms with Crippen molar-refractivity contribution < 1.29 is 4.92 Å². The third-order valence-corrected chi connectivity index (χ3v) is 5.36. The van der Waals surface area contributed by atoms with E-state index in [4.69, 9.17) is 0 Å². The van der Waals surface area contributed by atoms with E-state index in [1.165, 1.54) is 12.0 Å². The molecule has 1 fully saturated rings. The fraction of sp³-hybridized carbons (Fsp3) is 0.333. The van der Waals surface area contributed by atoms with Gasteiger partial charge in [-0.25, -0.2) is 0 Å². The Labute approximate surface area is 144 Å². The van der Waals surface area contributed by atoms with Crippen LogP contribution in [-0.4, -0.2) is 4.92 Å². The summed E-state index contributed by atoms with van der Waals surface area (Å²) in [6.45, 7) is 2.46. The number of rotatable bonds is 5. The molecule has 1 aliphatic carbocycles. The summed E-state index contributed by atoms with van der Waals surface area (Å²) in [5.41, 5.74) is 3.21. The smallest absolute Gasteiger partial charge is 0.272 e. The molecule has 2 aromatic carbocycles. The summed E-state index contributed by atoms with van der Waals surface area (Å²) >= 11 is 3.47. The van der Waals surface area contributed by atoms with Crippen molar-refractivity contribution in [1.82, 2.24) is 5.32 Å². The van der Waals surface area contributed by atoms with Crippen molar-refractivity contribution in [1.29, 1.82) is 0 Å². The van der Waals surface area contributed by atoms with Gasteiger partial charge in [0, 0.05) is 28.2 Å². The number of hydrogen-bond acceptors (Lipinski definition) is 3. The topological polar surface area (TPSA) is 55.2 Å². The molecule has 0 aromatic heterocycles. The normalized spacial score (nSPS) is 15.9. The van der Waals surface area contributed by atoms with E-state index in [0.717, 1.165) is 28.4 Å². The van der Waals surface area contributed by atoms with Crippen molar-refractivity contribution in [2.75, 3.05) is 0 Å². The molecule has 0 bridgehead atoms. The number of nitro benzene ring substituents is 1. The second-order valence-electron chi connectivity index (χ2n) is 6.11. The van der Waals surface area contributed by atoms with Gasteiger partial charge in [-0.2, -0.15) is 0 Å². The van der Waals surface area contributed by atoms with Crippen LogP contribution in [0, 0.1) is 17.0 Å². The summed E-state index contributed by atoms with van der Waals surface area (Å²) in [5, 5.41) is 14.7. The Morgan fingerprint density at radius 2 is 1.91 bits per heavy atom. The zero-order valence-electron chi connectivity index (χ0n) is 13.0. The van der Waals surface area contributed by atoms with Crippen LogP contribution in [-0.2, 0) is 12.1 Å². The Morgan fingerprint density at radius 3 is 2.48 bits per heavy atom. The zero-order chi connectivity index (χ0) is 16.4. The van der Waals surface area contributed by atoms with Crippen LogP contribution >= 0.6 is 15.9 Å². The average Bonchev–Trinajstić information content (AvgIpc) is 2.49. The second kappa shape index (κ2) is 6.42. The number of nitrogens with zero attached hydrogens (tertiary/aromatic N) is 1. The minimum Gasteiger partial charge on any atom is -0.303 e. The molecule has 23 heavy (non-hydrogen) atoms.